The van der Waals surface area contributed by atoms with Gasteiger partial charge < -0.3 is 14.8 Å². The molecule has 0 bridgehead atoms. The maximum Gasteiger partial charge on any atom is 0.340 e. The summed E-state index contributed by atoms with van der Waals surface area (Å²) >= 11 is 0. The van der Waals surface area contributed by atoms with Crippen LogP contribution < -0.4 is 10.1 Å². The molecule has 0 unspecified atom stereocenters. The molecule has 0 aliphatic rings. The van der Waals surface area contributed by atoms with Crippen LogP contribution in [-0.2, 0) is 4.74 Å². The van der Waals surface area contributed by atoms with Crippen molar-refractivity contribution in [2.45, 2.75) is 6.92 Å². The van der Waals surface area contributed by atoms with Crippen LogP contribution in [0, 0.1) is 17.0 Å². The first-order valence-corrected chi connectivity index (χ1v) is 9.80. The van der Waals surface area contributed by atoms with Crippen molar-refractivity contribution < 1.29 is 28.8 Å². The van der Waals surface area contributed by atoms with E-state index in [1.165, 1.54) is 31.4 Å². The Morgan fingerprint density at radius 3 is 2.30 bits per heavy atom. The van der Waals surface area contributed by atoms with Crippen LogP contribution in [0.15, 0.2) is 66.7 Å². The van der Waals surface area contributed by atoms with Gasteiger partial charge in [0.25, 0.3) is 5.91 Å². The summed E-state index contributed by atoms with van der Waals surface area (Å²) in [5.41, 5.74) is 1.32. The van der Waals surface area contributed by atoms with Crippen LogP contribution in [0.2, 0.25) is 0 Å². The molecule has 3 aromatic carbocycles. The first-order valence-electron chi connectivity index (χ1n) is 9.80. The van der Waals surface area contributed by atoms with Gasteiger partial charge in [-0.3, -0.25) is 19.7 Å². The molecule has 0 heterocycles. The highest BCUT2D eigenvalue weighted by Crippen LogP contribution is 2.27. The van der Waals surface area contributed by atoms with Crippen LogP contribution in [0.4, 0.5) is 11.4 Å². The third-order valence-corrected chi connectivity index (χ3v) is 4.74. The third kappa shape index (κ3) is 5.59. The number of esters is 1. The summed E-state index contributed by atoms with van der Waals surface area (Å²) in [6.45, 7) is 1.26. The molecule has 9 nitrogen and oxygen atoms in total. The van der Waals surface area contributed by atoms with Crippen molar-refractivity contribution in [3.63, 3.8) is 0 Å². The zero-order valence-electron chi connectivity index (χ0n) is 17.9. The quantitative estimate of drug-likeness (QED) is 0.237. The minimum Gasteiger partial charge on any atom is -0.490 e. The van der Waals surface area contributed by atoms with E-state index in [-0.39, 0.29) is 28.3 Å². The Balaban J connectivity index is 1.70. The van der Waals surface area contributed by atoms with Gasteiger partial charge in [-0.25, -0.2) is 4.79 Å². The average molecular weight is 448 g/mol. The number of anilines is 1. The molecule has 0 fully saturated rings. The number of amides is 1. The molecule has 3 rings (SSSR count). The molecular weight excluding hydrogens is 428 g/mol. The van der Waals surface area contributed by atoms with Gasteiger partial charge in [0, 0.05) is 17.2 Å². The predicted octanol–water partition coefficient (Wildman–Crippen LogP) is 4.20. The van der Waals surface area contributed by atoms with Gasteiger partial charge in [-0.05, 0) is 43.3 Å². The number of Topliss-reactive ketones (excluding diaryl/α,β-unsaturated/α-hetero) is 1. The average Bonchev–Trinajstić information content (AvgIpc) is 2.82. The van der Waals surface area contributed by atoms with Crippen molar-refractivity contribution >= 4 is 29.0 Å². The van der Waals surface area contributed by atoms with E-state index in [0.717, 1.165) is 11.6 Å². The van der Waals surface area contributed by atoms with E-state index >= 15 is 0 Å². The number of ether oxygens (including phenoxy) is 2. The summed E-state index contributed by atoms with van der Waals surface area (Å²) in [7, 11) is 1.28. The van der Waals surface area contributed by atoms with Crippen molar-refractivity contribution in [2.75, 3.05) is 19.0 Å². The molecule has 0 saturated carbocycles. The molecule has 0 aliphatic heterocycles. The van der Waals surface area contributed by atoms with Crippen LogP contribution in [0.5, 0.6) is 5.75 Å². The van der Waals surface area contributed by atoms with E-state index in [4.69, 9.17) is 9.47 Å². The van der Waals surface area contributed by atoms with E-state index in [1.807, 2.05) is 6.92 Å². The summed E-state index contributed by atoms with van der Waals surface area (Å²) in [6, 6.07) is 16.8. The van der Waals surface area contributed by atoms with Crippen molar-refractivity contribution in [3.05, 3.63) is 99.1 Å². The summed E-state index contributed by atoms with van der Waals surface area (Å²) < 4.78 is 10.0. The lowest BCUT2D eigenvalue weighted by Gasteiger charge is -2.11. The number of benzene rings is 3. The number of nitrogens with one attached hydrogen (secondary N) is 1. The SMILES string of the molecule is COc1ccc(C(=O)COC(=O)c2ccccc2NC(=O)c2ccc(C)cc2)cc1[N+](=O)[O-]. The number of hydrogen-bond acceptors (Lipinski definition) is 7. The predicted molar refractivity (Wildman–Crippen MR) is 120 cm³/mol. The summed E-state index contributed by atoms with van der Waals surface area (Å²) in [5, 5.41) is 13.8. The van der Waals surface area contributed by atoms with Crippen molar-refractivity contribution in [2.24, 2.45) is 0 Å². The van der Waals surface area contributed by atoms with Crippen LogP contribution in [0.1, 0.15) is 36.6 Å². The molecule has 0 radical (unpaired) electrons. The minimum atomic E-state index is -0.828. The van der Waals surface area contributed by atoms with Crippen molar-refractivity contribution in [3.8, 4) is 5.75 Å². The van der Waals surface area contributed by atoms with Gasteiger partial charge in [-0.1, -0.05) is 29.8 Å². The Morgan fingerprint density at radius 1 is 0.970 bits per heavy atom. The van der Waals surface area contributed by atoms with Gasteiger partial charge in [0.1, 0.15) is 0 Å². The number of nitro groups is 1. The Bertz CT molecular complexity index is 1220. The maximum atomic E-state index is 12.6. The van der Waals surface area contributed by atoms with Gasteiger partial charge in [0.05, 0.1) is 23.3 Å². The summed E-state index contributed by atoms with van der Waals surface area (Å²) in [6.07, 6.45) is 0. The Labute approximate surface area is 189 Å². The standard InChI is InChI=1S/C24H20N2O7/c1-15-7-9-16(10-8-15)23(28)25-19-6-4-3-5-18(19)24(29)33-14-21(27)17-11-12-22(32-2)20(13-17)26(30)31/h3-13H,14H2,1-2H3,(H,25,28). The lowest BCUT2D eigenvalue weighted by molar-refractivity contribution is -0.385. The van der Waals surface area contributed by atoms with Gasteiger partial charge in [0.2, 0.25) is 5.78 Å². The Kier molecular flexibility index (Phi) is 7.14. The first-order chi connectivity index (χ1) is 15.8. The lowest BCUT2D eigenvalue weighted by Crippen LogP contribution is -2.18. The van der Waals surface area contributed by atoms with E-state index in [1.54, 1.807) is 36.4 Å². The van der Waals surface area contributed by atoms with Crippen LogP contribution in [0.25, 0.3) is 0 Å². The molecule has 0 saturated heterocycles. The second-order valence-electron chi connectivity index (χ2n) is 7.01. The number of rotatable bonds is 8. The number of carbonyl (C=O) groups is 3. The molecular formula is C24H20N2O7. The fourth-order valence-electron chi connectivity index (χ4n) is 2.97. The van der Waals surface area contributed by atoms with Gasteiger partial charge in [0.15, 0.2) is 12.4 Å². The molecule has 0 spiro atoms. The number of aryl methyl sites for hydroxylation is 1. The zero-order chi connectivity index (χ0) is 24.0. The summed E-state index contributed by atoms with van der Waals surface area (Å²) in [5.74, 6) is -1.86. The molecule has 0 atom stereocenters. The third-order valence-electron chi connectivity index (χ3n) is 4.74. The van der Waals surface area contributed by atoms with Gasteiger partial charge in [-0.2, -0.15) is 0 Å². The fraction of sp³-hybridized carbons (Fsp3) is 0.125. The highest BCUT2D eigenvalue weighted by molar-refractivity contribution is 6.08. The van der Waals surface area contributed by atoms with Crippen LogP contribution >= 0.6 is 0 Å². The van der Waals surface area contributed by atoms with E-state index < -0.39 is 29.2 Å². The van der Waals surface area contributed by atoms with Crippen LogP contribution in [-0.4, -0.2) is 36.3 Å². The fourth-order valence-corrected chi connectivity index (χ4v) is 2.97. The van der Waals surface area contributed by atoms with Gasteiger partial charge >= 0.3 is 11.7 Å². The minimum absolute atomic E-state index is 0.00346. The smallest absolute Gasteiger partial charge is 0.340 e. The largest absolute Gasteiger partial charge is 0.490 e. The maximum absolute atomic E-state index is 12.6. The molecule has 33 heavy (non-hydrogen) atoms. The van der Waals surface area contributed by atoms with Crippen molar-refractivity contribution in [1.29, 1.82) is 0 Å². The topological polar surface area (TPSA) is 125 Å². The molecule has 9 heteroatoms. The Morgan fingerprint density at radius 2 is 1.64 bits per heavy atom. The Hall–Kier alpha value is -4.53. The first kappa shape index (κ1) is 23.1. The highest BCUT2D eigenvalue weighted by atomic mass is 16.6. The number of nitro benzene ring substituents is 1. The monoisotopic (exact) mass is 448 g/mol. The molecule has 1 amide bonds. The normalized spacial score (nSPS) is 10.2. The van der Waals surface area contributed by atoms with Gasteiger partial charge in [-0.15, -0.1) is 0 Å². The lowest BCUT2D eigenvalue weighted by atomic mass is 10.1. The van der Waals surface area contributed by atoms with Crippen molar-refractivity contribution in [1.82, 2.24) is 0 Å². The number of ketones is 1. The van der Waals surface area contributed by atoms with E-state index in [0.29, 0.717) is 5.56 Å². The second-order valence-corrected chi connectivity index (χ2v) is 7.01. The zero-order valence-corrected chi connectivity index (χ0v) is 17.9. The van der Waals surface area contributed by atoms with Crippen LogP contribution in [0.3, 0.4) is 0 Å². The number of nitrogens with zero attached hydrogens (tertiary/aromatic N) is 1. The number of carbonyl (C=O) groups excluding carboxylic acids is 3. The second kappa shape index (κ2) is 10.2. The number of para-hydroxylation sites is 1. The molecule has 0 aliphatic carbocycles. The van der Waals surface area contributed by atoms with E-state index in [9.17, 15) is 24.5 Å². The molecule has 168 valence electrons. The highest BCUT2D eigenvalue weighted by Gasteiger charge is 2.20. The van der Waals surface area contributed by atoms with E-state index in [2.05, 4.69) is 5.32 Å². The number of methoxy groups -OCH3 is 1. The summed E-state index contributed by atoms with van der Waals surface area (Å²) in [4.78, 5) is 48.0. The molecule has 1 N–H and O–H groups in total. The molecule has 0 aromatic heterocycles. The molecule has 3 aromatic rings. The number of hydrogen-bond donors (Lipinski definition) is 1.